The zero-order valence-corrected chi connectivity index (χ0v) is 11.1. The number of aryl methyl sites for hydroxylation is 1. The van der Waals surface area contributed by atoms with Crippen molar-refractivity contribution in [2.45, 2.75) is 6.92 Å². The third-order valence-corrected chi connectivity index (χ3v) is 2.90. The first-order valence-corrected chi connectivity index (χ1v) is 5.96. The number of hydrogen-bond acceptors (Lipinski definition) is 3. The number of ether oxygens (including phenoxy) is 1. The van der Waals surface area contributed by atoms with Gasteiger partial charge in [0.25, 0.3) is 0 Å². The number of nitrogens with one attached hydrogen (secondary N) is 1. The Labute approximate surface area is 115 Å². The van der Waals surface area contributed by atoms with Gasteiger partial charge < -0.3 is 15.2 Å². The first kappa shape index (κ1) is 13.9. The summed E-state index contributed by atoms with van der Waals surface area (Å²) in [7, 11) is 1.40. The maximum Gasteiger partial charge on any atom is 0.335 e. The van der Waals surface area contributed by atoms with Gasteiger partial charge in [0, 0.05) is 17.4 Å². The number of hydrogen-bond donors (Lipinski definition) is 2. The molecule has 0 heterocycles. The molecular weight excluding hydrogens is 261 g/mol. The van der Waals surface area contributed by atoms with E-state index in [1.165, 1.54) is 25.3 Å². The molecule has 20 heavy (non-hydrogen) atoms. The predicted octanol–water partition coefficient (Wildman–Crippen LogP) is 3.58. The van der Waals surface area contributed by atoms with Gasteiger partial charge in [-0.1, -0.05) is 0 Å². The van der Waals surface area contributed by atoms with Crippen molar-refractivity contribution in [3.8, 4) is 5.75 Å². The maximum atomic E-state index is 13.6. The minimum absolute atomic E-state index is 0.174. The number of methoxy groups -OCH3 is 1. The van der Waals surface area contributed by atoms with Gasteiger partial charge in [0.1, 0.15) is 0 Å². The van der Waals surface area contributed by atoms with Crippen LogP contribution in [0, 0.1) is 12.7 Å². The molecule has 0 saturated heterocycles. The summed E-state index contributed by atoms with van der Waals surface area (Å²) in [6.45, 7) is 1.71. The lowest BCUT2D eigenvalue weighted by Crippen LogP contribution is -2.00. The van der Waals surface area contributed by atoms with E-state index in [-0.39, 0.29) is 11.3 Å². The van der Waals surface area contributed by atoms with Gasteiger partial charge in [-0.25, -0.2) is 9.18 Å². The SMILES string of the molecule is COc1ccc(Nc2ccc(C(=O)O)c(C)c2)cc1F. The van der Waals surface area contributed by atoms with Crippen molar-refractivity contribution in [1.82, 2.24) is 0 Å². The Bertz CT molecular complexity index is 656. The Kier molecular flexibility index (Phi) is 3.89. The maximum absolute atomic E-state index is 13.6. The standard InChI is InChI=1S/C15H14FNO3/c1-9-7-10(3-5-12(9)15(18)19)17-11-4-6-14(20-2)13(16)8-11/h3-8,17H,1-2H3,(H,18,19). The molecule has 2 aromatic carbocycles. The van der Waals surface area contributed by atoms with Crippen molar-refractivity contribution in [1.29, 1.82) is 0 Å². The lowest BCUT2D eigenvalue weighted by molar-refractivity contribution is 0.0696. The van der Waals surface area contributed by atoms with E-state index < -0.39 is 11.8 Å². The van der Waals surface area contributed by atoms with Crippen LogP contribution in [0.15, 0.2) is 36.4 Å². The molecule has 5 heteroatoms. The Morgan fingerprint density at radius 3 is 2.40 bits per heavy atom. The highest BCUT2D eigenvalue weighted by Crippen LogP contribution is 2.24. The van der Waals surface area contributed by atoms with E-state index in [2.05, 4.69) is 5.32 Å². The van der Waals surface area contributed by atoms with Crippen molar-refractivity contribution in [2.75, 3.05) is 12.4 Å². The van der Waals surface area contributed by atoms with Crippen LogP contribution < -0.4 is 10.1 Å². The Morgan fingerprint density at radius 1 is 1.20 bits per heavy atom. The molecule has 2 N–H and O–H groups in total. The first-order chi connectivity index (χ1) is 9.51. The molecule has 0 spiro atoms. The van der Waals surface area contributed by atoms with Gasteiger partial charge in [-0.15, -0.1) is 0 Å². The van der Waals surface area contributed by atoms with Crippen molar-refractivity contribution in [2.24, 2.45) is 0 Å². The summed E-state index contributed by atoms with van der Waals surface area (Å²) in [5.41, 5.74) is 2.13. The average molecular weight is 275 g/mol. The molecule has 0 radical (unpaired) electrons. The lowest BCUT2D eigenvalue weighted by atomic mass is 10.1. The molecule has 0 amide bonds. The van der Waals surface area contributed by atoms with Crippen LogP contribution in [0.4, 0.5) is 15.8 Å². The summed E-state index contributed by atoms with van der Waals surface area (Å²) in [6, 6.07) is 9.38. The van der Waals surface area contributed by atoms with E-state index >= 15 is 0 Å². The number of anilines is 2. The molecular formula is C15H14FNO3. The molecule has 0 unspecified atom stereocenters. The summed E-state index contributed by atoms with van der Waals surface area (Å²) in [4.78, 5) is 10.9. The fourth-order valence-corrected chi connectivity index (χ4v) is 1.89. The zero-order chi connectivity index (χ0) is 14.7. The second-order valence-electron chi connectivity index (χ2n) is 4.31. The Morgan fingerprint density at radius 2 is 1.85 bits per heavy atom. The van der Waals surface area contributed by atoms with Gasteiger partial charge >= 0.3 is 5.97 Å². The zero-order valence-electron chi connectivity index (χ0n) is 11.1. The molecule has 4 nitrogen and oxygen atoms in total. The van der Waals surface area contributed by atoms with Crippen LogP contribution in [-0.2, 0) is 0 Å². The number of carbonyl (C=O) groups is 1. The quantitative estimate of drug-likeness (QED) is 0.895. The molecule has 0 atom stereocenters. The van der Waals surface area contributed by atoms with Crippen LogP contribution in [0.2, 0.25) is 0 Å². The summed E-state index contributed by atoms with van der Waals surface area (Å²) < 4.78 is 18.4. The number of benzene rings is 2. The van der Waals surface area contributed by atoms with Crippen molar-refractivity contribution in [3.05, 3.63) is 53.3 Å². The van der Waals surface area contributed by atoms with Crippen molar-refractivity contribution in [3.63, 3.8) is 0 Å². The van der Waals surface area contributed by atoms with Crippen LogP contribution in [0.1, 0.15) is 15.9 Å². The second kappa shape index (κ2) is 5.61. The third kappa shape index (κ3) is 2.88. The number of rotatable bonds is 4. The number of carboxylic acid groups (broad SMARTS) is 1. The number of aromatic carboxylic acids is 1. The molecule has 0 aliphatic rings. The van der Waals surface area contributed by atoms with Crippen LogP contribution >= 0.6 is 0 Å². The van der Waals surface area contributed by atoms with Gasteiger partial charge in [0.2, 0.25) is 0 Å². The number of halogens is 1. The second-order valence-corrected chi connectivity index (χ2v) is 4.31. The highest BCUT2D eigenvalue weighted by Gasteiger charge is 2.08. The molecule has 0 aliphatic heterocycles. The summed E-state index contributed by atoms with van der Waals surface area (Å²) in [5, 5.41) is 12.0. The topological polar surface area (TPSA) is 58.6 Å². The summed E-state index contributed by atoms with van der Waals surface area (Å²) in [6.07, 6.45) is 0. The molecule has 0 aliphatic carbocycles. The largest absolute Gasteiger partial charge is 0.494 e. The molecule has 0 aromatic heterocycles. The Balaban J connectivity index is 2.24. The van der Waals surface area contributed by atoms with E-state index in [1.807, 2.05) is 0 Å². The van der Waals surface area contributed by atoms with E-state index in [0.29, 0.717) is 16.9 Å². The predicted molar refractivity (Wildman–Crippen MR) is 74.4 cm³/mol. The van der Waals surface area contributed by atoms with E-state index in [0.717, 1.165) is 0 Å². The summed E-state index contributed by atoms with van der Waals surface area (Å²) in [5.74, 6) is -1.26. The third-order valence-electron chi connectivity index (χ3n) is 2.90. The van der Waals surface area contributed by atoms with Crippen molar-refractivity contribution >= 4 is 17.3 Å². The Hall–Kier alpha value is -2.56. The normalized spacial score (nSPS) is 10.2. The van der Waals surface area contributed by atoms with Crippen molar-refractivity contribution < 1.29 is 19.0 Å². The molecule has 0 bridgehead atoms. The molecule has 2 rings (SSSR count). The minimum atomic E-state index is -0.968. The average Bonchev–Trinajstić information content (AvgIpc) is 2.38. The minimum Gasteiger partial charge on any atom is -0.494 e. The first-order valence-electron chi connectivity index (χ1n) is 5.96. The van der Waals surface area contributed by atoms with E-state index in [9.17, 15) is 9.18 Å². The van der Waals surface area contributed by atoms with E-state index in [1.54, 1.807) is 25.1 Å². The van der Waals surface area contributed by atoms with Crippen LogP contribution in [0.25, 0.3) is 0 Å². The lowest BCUT2D eigenvalue weighted by Gasteiger charge is -2.10. The number of carboxylic acids is 1. The van der Waals surface area contributed by atoms with Gasteiger partial charge in [0.15, 0.2) is 11.6 Å². The van der Waals surface area contributed by atoms with Gasteiger partial charge in [-0.3, -0.25) is 0 Å². The van der Waals surface area contributed by atoms with Crippen LogP contribution in [-0.4, -0.2) is 18.2 Å². The van der Waals surface area contributed by atoms with Gasteiger partial charge in [0.05, 0.1) is 12.7 Å². The summed E-state index contributed by atoms with van der Waals surface area (Å²) >= 11 is 0. The highest BCUT2D eigenvalue weighted by molar-refractivity contribution is 5.90. The van der Waals surface area contributed by atoms with Gasteiger partial charge in [-0.05, 0) is 42.8 Å². The monoisotopic (exact) mass is 275 g/mol. The molecule has 0 saturated carbocycles. The molecule has 104 valence electrons. The smallest absolute Gasteiger partial charge is 0.335 e. The fourth-order valence-electron chi connectivity index (χ4n) is 1.89. The molecule has 0 fully saturated rings. The molecule has 2 aromatic rings. The van der Waals surface area contributed by atoms with Gasteiger partial charge in [-0.2, -0.15) is 0 Å². The van der Waals surface area contributed by atoms with E-state index in [4.69, 9.17) is 9.84 Å². The fraction of sp³-hybridized carbons (Fsp3) is 0.133. The highest BCUT2D eigenvalue weighted by atomic mass is 19.1. The van der Waals surface area contributed by atoms with Crippen LogP contribution in [0.5, 0.6) is 5.75 Å². The van der Waals surface area contributed by atoms with Crippen LogP contribution in [0.3, 0.4) is 0 Å².